The lowest BCUT2D eigenvalue weighted by Gasteiger charge is -2.26. The smallest absolute Gasteiger partial charge is 0.329 e. The number of amides is 1. The first-order chi connectivity index (χ1) is 8.93. The van der Waals surface area contributed by atoms with Crippen molar-refractivity contribution in [3.8, 4) is 0 Å². The van der Waals surface area contributed by atoms with Gasteiger partial charge in [-0.25, -0.2) is 4.79 Å². The number of hydrogen-bond acceptors (Lipinski definition) is 2. The van der Waals surface area contributed by atoms with E-state index in [9.17, 15) is 14.7 Å². The fourth-order valence-corrected chi connectivity index (χ4v) is 2.34. The molecule has 2 N–H and O–H groups in total. The Bertz CT molecular complexity index is 513. The molecule has 0 saturated heterocycles. The molecule has 4 nitrogen and oxygen atoms in total. The molecule has 1 aromatic rings. The van der Waals surface area contributed by atoms with Gasteiger partial charge >= 0.3 is 5.97 Å². The van der Waals surface area contributed by atoms with Crippen LogP contribution in [0.2, 0.25) is 5.02 Å². The van der Waals surface area contributed by atoms with Gasteiger partial charge in [0.2, 0.25) is 5.91 Å². The number of hydrogen-bond donors (Lipinski definition) is 2. The largest absolute Gasteiger partial charge is 0.480 e. The minimum atomic E-state index is -1.17. The Labute approximate surface area is 116 Å². The van der Waals surface area contributed by atoms with Gasteiger partial charge in [0.05, 0.1) is 6.42 Å². The van der Waals surface area contributed by atoms with Crippen LogP contribution in [0.4, 0.5) is 0 Å². The lowest BCUT2D eigenvalue weighted by Crippen LogP contribution is -2.54. The van der Waals surface area contributed by atoms with E-state index in [0.29, 0.717) is 10.6 Å². The summed E-state index contributed by atoms with van der Waals surface area (Å²) >= 11 is 5.98. The van der Waals surface area contributed by atoms with Crippen molar-refractivity contribution in [2.75, 3.05) is 0 Å². The number of carboxylic acid groups (broad SMARTS) is 1. The zero-order chi connectivity index (χ0) is 14.0. The van der Waals surface area contributed by atoms with E-state index < -0.39 is 11.5 Å². The van der Waals surface area contributed by atoms with E-state index in [-0.39, 0.29) is 18.2 Å². The highest BCUT2D eigenvalue weighted by atomic mass is 35.5. The van der Waals surface area contributed by atoms with Crippen molar-refractivity contribution in [2.45, 2.75) is 31.7 Å². The quantitative estimate of drug-likeness (QED) is 0.870. The highest BCUT2D eigenvalue weighted by Crippen LogP contribution is 2.39. The Balaban J connectivity index is 2.05. The van der Waals surface area contributed by atoms with Gasteiger partial charge in [-0.2, -0.15) is 0 Å². The summed E-state index contributed by atoms with van der Waals surface area (Å²) in [4.78, 5) is 23.3. The van der Waals surface area contributed by atoms with E-state index >= 15 is 0 Å². The Hall–Kier alpha value is -1.55. The molecule has 102 valence electrons. The van der Waals surface area contributed by atoms with Gasteiger partial charge in [0.1, 0.15) is 5.54 Å². The molecule has 1 aromatic carbocycles. The summed E-state index contributed by atoms with van der Waals surface area (Å²) in [5.74, 6) is -1.27. The lowest BCUT2D eigenvalue weighted by molar-refractivity contribution is -0.147. The number of carboxylic acids is 1. The third-order valence-electron chi connectivity index (χ3n) is 3.55. The van der Waals surface area contributed by atoms with Crippen LogP contribution in [0.25, 0.3) is 0 Å². The number of halogens is 1. The van der Waals surface area contributed by atoms with Crippen molar-refractivity contribution in [3.63, 3.8) is 0 Å². The fraction of sp³-hybridized carbons (Fsp3) is 0.429. The first-order valence-electron chi connectivity index (χ1n) is 6.21. The molecule has 1 atom stereocenters. The van der Waals surface area contributed by atoms with Crippen molar-refractivity contribution < 1.29 is 14.7 Å². The van der Waals surface area contributed by atoms with E-state index in [2.05, 4.69) is 5.32 Å². The maximum Gasteiger partial charge on any atom is 0.329 e. The van der Waals surface area contributed by atoms with Gasteiger partial charge in [-0.05, 0) is 37.3 Å². The maximum atomic E-state index is 12.0. The minimum Gasteiger partial charge on any atom is -0.480 e. The molecular formula is C14H16ClNO3. The molecule has 19 heavy (non-hydrogen) atoms. The summed E-state index contributed by atoms with van der Waals surface area (Å²) < 4.78 is 0. The number of benzene rings is 1. The van der Waals surface area contributed by atoms with E-state index in [1.54, 1.807) is 31.2 Å². The second kappa shape index (κ2) is 5.21. The number of carbonyl (C=O) groups is 2. The van der Waals surface area contributed by atoms with Crippen molar-refractivity contribution >= 4 is 23.5 Å². The van der Waals surface area contributed by atoms with Crippen LogP contribution in [-0.2, 0) is 16.0 Å². The van der Waals surface area contributed by atoms with Crippen LogP contribution in [0.1, 0.15) is 25.3 Å². The zero-order valence-corrected chi connectivity index (χ0v) is 11.4. The summed E-state index contributed by atoms with van der Waals surface area (Å²) in [7, 11) is 0. The molecule has 2 rings (SSSR count). The predicted molar refractivity (Wildman–Crippen MR) is 72.1 cm³/mol. The molecule has 1 aliphatic carbocycles. The van der Waals surface area contributed by atoms with Gasteiger partial charge in [-0.15, -0.1) is 0 Å². The van der Waals surface area contributed by atoms with E-state index in [1.807, 2.05) is 0 Å². The van der Waals surface area contributed by atoms with Gasteiger partial charge in [-0.1, -0.05) is 29.8 Å². The number of aliphatic carboxylic acids is 1. The highest BCUT2D eigenvalue weighted by Gasteiger charge is 2.48. The second-order valence-corrected chi connectivity index (χ2v) is 5.51. The van der Waals surface area contributed by atoms with E-state index in [0.717, 1.165) is 12.8 Å². The Morgan fingerprint density at radius 3 is 2.58 bits per heavy atom. The van der Waals surface area contributed by atoms with Crippen molar-refractivity contribution in [1.82, 2.24) is 5.32 Å². The molecule has 0 bridgehead atoms. The molecule has 1 saturated carbocycles. The number of carbonyl (C=O) groups excluding carboxylic acids is 1. The summed E-state index contributed by atoms with van der Waals surface area (Å²) in [6.07, 6.45) is 1.78. The van der Waals surface area contributed by atoms with Crippen LogP contribution in [0.3, 0.4) is 0 Å². The van der Waals surface area contributed by atoms with Crippen LogP contribution in [-0.4, -0.2) is 22.5 Å². The average Bonchev–Trinajstić information content (AvgIpc) is 3.16. The van der Waals surface area contributed by atoms with Gasteiger partial charge in [-0.3, -0.25) is 4.79 Å². The Morgan fingerprint density at radius 1 is 1.42 bits per heavy atom. The summed E-state index contributed by atoms with van der Waals surface area (Å²) in [5, 5.41) is 12.4. The topological polar surface area (TPSA) is 66.4 Å². The van der Waals surface area contributed by atoms with Crippen molar-refractivity contribution in [1.29, 1.82) is 0 Å². The predicted octanol–water partition coefficient (Wildman–Crippen LogP) is 2.25. The molecule has 0 aromatic heterocycles. The van der Waals surface area contributed by atoms with Crippen LogP contribution in [0.5, 0.6) is 0 Å². The molecule has 5 heteroatoms. The number of nitrogens with one attached hydrogen (secondary N) is 1. The molecule has 0 aliphatic heterocycles. The second-order valence-electron chi connectivity index (χ2n) is 5.10. The average molecular weight is 282 g/mol. The van der Waals surface area contributed by atoms with Crippen LogP contribution >= 0.6 is 11.6 Å². The maximum absolute atomic E-state index is 12.0. The van der Waals surface area contributed by atoms with E-state index in [1.165, 1.54) is 0 Å². The van der Waals surface area contributed by atoms with Crippen molar-refractivity contribution in [2.24, 2.45) is 5.92 Å². The van der Waals surface area contributed by atoms with Crippen LogP contribution in [0, 0.1) is 5.92 Å². The first kappa shape index (κ1) is 13.9. The highest BCUT2D eigenvalue weighted by molar-refractivity contribution is 6.31. The van der Waals surface area contributed by atoms with Gasteiger partial charge < -0.3 is 10.4 Å². The fourth-order valence-electron chi connectivity index (χ4n) is 2.14. The summed E-state index contributed by atoms with van der Waals surface area (Å²) in [5.41, 5.74) is -0.469. The number of rotatable bonds is 5. The first-order valence-corrected chi connectivity index (χ1v) is 6.59. The van der Waals surface area contributed by atoms with Gasteiger partial charge in [0.25, 0.3) is 0 Å². The summed E-state index contributed by atoms with van der Waals surface area (Å²) in [6.45, 7) is 1.57. The SMILES string of the molecule is CC(NC(=O)Cc1ccccc1Cl)(C(=O)O)C1CC1. The molecule has 1 unspecified atom stereocenters. The third kappa shape index (κ3) is 3.07. The molecule has 1 amide bonds. The Kier molecular flexibility index (Phi) is 3.80. The van der Waals surface area contributed by atoms with Crippen LogP contribution < -0.4 is 5.32 Å². The van der Waals surface area contributed by atoms with Gasteiger partial charge in [0.15, 0.2) is 0 Å². The molecule has 0 spiro atoms. The Morgan fingerprint density at radius 2 is 2.05 bits per heavy atom. The standard InChI is InChI=1S/C14H16ClNO3/c1-14(13(18)19,10-6-7-10)16-12(17)8-9-4-2-3-5-11(9)15/h2-5,10H,6-8H2,1H3,(H,16,17)(H,18,19). The minimum absolute atomic E-state index is 0.0280. The van der Waals surface area contributed by atoms with E-state index in [4.69, 9.17) is 11.6 Å². The molecule has 0 radical (unpaired) electrons. The monoisotopic (exact) mass is 281 g/mol. The molecule has 1 aliphatic rings. The summed E-state index contributed by atoms with van der Waals surface area (Å²) in [6, 6.07) is 7.06. The zero-order valence-electron chi connectivity index (χ0n) is 10.6. The van der Waals surface area contributed by atoms with Crippen LogP contribution in [0.15, 0.2) is 24.3 Å². The molecular weight excluding hydrogens is 266 g/mol. The third-order valence-corrected chi connectivity index (χ3v) is 3.91. The molecule has 0 heterocycles. The normalized spacial score (nSPS) is 17.6. The van der Waals surface area contributed by atoms with Gasteiger partial charge in [0, 0.05) is 5.02 Å². The van der Waals surface area contributed by atoms with Crippen molar-refractivity contribution in [3.05, 3.63) is 34.9 Å². The lowest BCUT2D eigenvalue weighted by atomic mass is 9.95. The molecule has 1 fully saturated rings.